The second-order valence-electron chi connectivity index (χ2n) is 4.87. The van der Waals surface area contributed by atoms with E-state index in [1.165, 1.54) is 6.07 Å². The maximum absolute atomic E-state index is 13.6. The third-order valence-corrected chi connectivity index (χ3v) is 4.66. The van der Waals surface area contributed by atoms with Gasteiger partial charge in [-0.1, -0.05) is 12.1 Å². The molecular formula is C14H16FNO2S. The van der Waals surface area contributed by atoms with Crippen molar-refractivity contribution in [1.29, 1.82) is 0 Å². The Morgan fingerprint density at radius 1 is 1.53 bits per heavy atom. The number of hydrogen-bond donors (Lipinski definition) is 1. The van der Waals surface area contributed by atoms with Gasteiger partial charge in [0.05, 0.1) is 6.04 Å². The van der Waals surface area contributed by atoms with Crippen LogP contribution in [0.4, 0.5) is 4.39 Å². The Labute approximate surface area is 115 Å². The zero-order valence-electron chi connectivity index (χ0n) is 10.7. The molecule has 1 fully saturated rings. The van der Waals surface area contributed by atoms with E-state index in [2.05, 4.69) is 4.90 Å². The van der Waals surface area contributed by atoms with Gasteiger partial charge in [-0.25, -0.2) is 4.39 Å². The van der Waals surface area contributed by atoms with Gasteiger partial charge < -0.3 is 9.52 Å². The van der Waals surface area contributed by atoms with Gasteiger partial charge in [0, 0.05) is 23.4 Å². The number of thioether (sulfide) groups is 1. The fourth-order valence-corrected chi connectivity index (χ4v) is 3.68. The third kappa shape index (κ3) is 2.38. The second-order valence-corrected chi connectivity index (χ2v) is 6.02. The van der Waals surface area contributed by atoms with Crippen molar-refractivity contribution in [2.75, 3.05) is 25.1 Å². The second kappa shape index (κ2) is 5.15. The molecule has 0 radical (unpaired) electrons. The first-order valence-electron chi connectivity index (χ1n) is 6.31. The Balaban J connectivity index is 1.92. The molecule has 2 unspecified atom stereocenters. The highest BCUT2D eigenvalue weighted by Crippen LogP contribution is 2.31. The van der Waals surface area contributed by atoms with Crippen LogP contribution in [0.1, 0.15) is 11.9 Å². The molecule has 1 aromatic heterocycles. The van der Waals surface area contributed by atoms with Crippen molar-refractivity contribution in [2.45, 2.75) is 12.1 Å². The lowest BCUT2D eigenvalue weighted by atomic mass is 10.1. The number of fused-ring (bicyclic) bond motifs is 1. The van der Waals surface area contributed by atoms with Crippen LogP contribution in [0.25, 0.3) is 11.0 Å². The highest BCUT2D eigenvalue weighted by atomic mass is 32.2. The van der Waals surface area contributed by atoms with Crippen molar-refractivity contribution in [2.24, 2.45) is 0 Å². The van der Waals surface area contributed by atoms with Gasteiger partial charge in [-0.3, -0.25) is 4.90 Å². The molecule has 2 aromatic rings. The summed E-state index contributed by atoms with van der Waals surface area (Å²) in [5.41, 5.74) is 0.225. The van der Waals surface area contributed by atoms with Gasteiger partial charge in [0.1, 0.15) is 11.9 Å². The molecule has 2 atom stereocenters. The first-order chi connectivity index (χ1) is 9.16. The minimum Gasteiger partial charge on any atom is -0.455 e. The molecule has 0 bridgehead atoms. The van der Waals surface area contributed by atoms with E-state index in [0.717, 1.165) is 18.1 Å². The number of likely N-dealkylation sites (N-methyl/N-ethyl adjacent to an activating group) is 1. The van der Waals surface area contributed by atoms with Gasteiger partial charge >= 0.3 is 0 Å². The van der Waals surface area contributed by atoms with Crippen LogP contribution < -0.4 is 0 Å². The fraction of sp³-hybridized carbons (Fsp3) is 0.429. The van der Waals surface area contributed by atoms with Crippen LogP contribution in [0.3, 0.4) is 0 Å². The molecule has 0 amide bonds. The van der Waals surface area contributed by atoms with E-state index < -0.39 is 6.10 Å². The van der Waals surface area contributed by atoms with Gasteiger partial charge in [-0.15, -0.1) is 0 Å². The van der Waals surface area contributed by atoms with Crippen LogP contribution in [0.5, 0.6) is 0 Å². The van der Waals surface area contributed by atoms with Gasteiger partial charge in [0.25, 0.3) is 0 Å². The molecule has 1 aliphatic heterocycles. The predicted molar refractivity (Wildman–Crippen MR) is 74.9 cm³/mol. The van der Waals surface area contributed by atoms with Crippen molar-refractivity contribution in [1.82, 2.24) is 4.90 Å². The molecule has 3 nitrogen and oxygen atoms in total. The molecule has 0 spiro atoms. The summed E-state index contributed by atoms with van der Waals surface area (Å²) in [5.74, 6) is 1.99. The maximum Gasteiger partial charge on any atom is 0.170 e. The fourth-order valence-electron chi connectivity index (χ4n) is 2.42. The first kappa shape index (κ1) is 13.0. The number of rotatable bonds is 2. The normalized spacial score (nSPS) is 22.8. The lowest BCUT2D eigenvalue weighted by molar-refractivity contribution is 0.0600. The van der Waals surface area contributed by atoms with E-state index in [-0.39, 0.29) is 17.4 Å². The monoisotopic (exact) mass is 281 g/mol. The third-order valence-electron chi connectivity index (χ3n) is 3.61. The minimum absolute atomic E-state index is 0.0161. The van der Waals surface area contributed by atoms with Crippen LogP contribution >= 0.6 is 11.8 Å². The summed E-state index contributed by atoms with van der Waals surface area (Å²) in [6, 6.07) is 6.55. The molecule has 19 heavy (non-hydrogen) atoms. The van der Waals surface area contributed by atoms with E-state index >= 15 is 0 Å². The smallest absolute Gasteiger partial charge is 0.170 e. The maximum atomic E-state index is 13.6. The molecule has 3 rings (SSSR count). The molecule has 0 saturated carbocycles. The summed E-state index contributed by atoms with van der Waals surface area (Å²) >= 11 is 1.82. The van der Waals surface area contributed by atoms with E-state index in [1.807, 2.05) is 18.8 Å². The lowest BCUT2D eigenvalue weighted by Crippen LogP contribution is -2.43. The van der Waals surface area contributed by atoms with Gasteiger partial charge in [-0.2, -0.15) is 11.8 Å². The molecular weight excluding hydrogens is 265 g/mol. The number of para-hydroxylation sites is 1. The summed E-state index contributed by atoms with van der Waals surface area (Å²) in [5, 5.41) is 11.1. The highest BCUT2D eigenvalue weighted by molar-refractivity contribution is 7.99. The molecule has 102 valence electrons. The van der Waals surface area contributed by atoms with E-state index in [0.29, 0.717) is 11.1 Å². The summed E-state index contributed by atoms with van der Waals surface area (Å²) in [4.78, 5) is 2.13. The SMILES string of the molecule is CN1CCSCC1C(O)c1cc2cccc(F)c2o1. The molecule has 1 N–H and O–H groups in total. The Hall–Kier alpha value is -1.04. The van der Waals surface area contributed by atoms with E-state index in [9.17, 15) is 9.50 Å². The van der Waals surface area contributed by atoms with Crippen molar-refractivity contribution in [3.63, 3.8) is 0 Å². The topological polar surface area (TPSA) is 36.6 Å². The number of furan rings is 1. The summed E-state index contributed by atoms with van der Waals surface area (Å²) in [6.45, 7) is 0.945. The van der Waals surface area contributed by atoms with Crippen LogP contribution in [0, 0.1) is 5.82 Å². The van der Waals surface area contributed by atoms with Crippen LogP contribution in [-0.4, -0.2) is 41.1 Å². The van der Waals surface area contributed by atoms with Crippen LogP contribution in [-0.2, 0) is 0 Å². The molecule has 1 saturated heterocycles. The van der Waals surface area contributed by atoms with Gasteiger partial charge in [0.2, 0.25) is 0 Å². The number of aliphatic hydroxyl groups excluding tert-OH is 1. The zero-order chi connectivity index (χ0) is 13.4. The quantitative estimate of drug-likeness (QED) is 0.918. The van der Waals surface area contributed by atoms with E-state index in [1.54, 1.807) is 18.2 Å². The number of benzene rings is 1. The largest absolute Gasteiger partial charge is 0.455 e. The Kier molecular flexibility index (Phi) is 3.52. The summed E-state index contributed by atoms with van der Waals surface area (Å²) in [7, 11) is 2.00. The Bertz CT molecular complexity index is 586. The van der Waals surface area contributed by atoms with Gasteiger partial charge in [-0.05, 0) is 19.2 Å². The molecule has 1 aromatic carbocycles. The number of nitrogens with zero attached hydrogens (tertiary/aromatic N) is 1. The van der Waals surface area contributed by atoms with Crippen molar-refractivity contribution in [3.05, 3.63) is 35.8 Å². The molecule has 2 heterocycles. The van der Waals surface area contributed by atoms with Crippen molar-refractivity contribution >= 4 is 22.7 Å². The average Bonchev–Trinajstić information content (AvgIpc) is 2.84. The molecule has 5 heteroatoms. The van der Waals surface area contributed by atoms with Crippen molar-refractivity contribution < 1.29 is 13.9 Å². The predicted octanol–water partition coefficient (Wildman–Crippen LogP) is 2.65. The first-order valence-corrected chi connectivity index (χ1v) is 7.46. The van der Waals surface area contributed by atoms with E-state index in [4.69, 9.17) is 4.42 Å². The average molecular weight is 281 g/mol. The van der Waals surface area contributed by atoms with Crippen LogP contribution in [0.15, 0.2) is 28.7 Å². The van der Waals surface area contributed by atoms with Gasteiger partial charge in [0.15, 0.2) is 11.4 Å². The number of hydrogen-bond acceptors (Lipinski definition) is 4. The minimum atomic E-state index is -0.718. The number of halogens is 1. The highest BCUT2D eigenvalue weighted by Gasteiger charge is 2.30. The Morgan fingerprint density at radius 3 is 3.11 bits per heavy atom. The molecule has 1 aliphatic rings. The number of aliphatic hydroxyl groups is 1. The summed E-state index contributed by atoms with van der Waals surface area (Å²) < 4.78 is 19.1. The molecule has 0 aliphatic carbocycles. The summed E-state index contributed by atoms with van der Waals surface area (Å²) in [6.07, 6.45) is -0.718. The Morgan fingerprint density at radius 2 is 2.37 bits per heavy atom. The lowest BCUT2D eigenvalue weighted by Gasteiger charge is -2.34. The standard InChI is InChI=1S/C14H16FNO2S/c1-16-5-6-19-8-11(16)13(17)12-7-9-3-2-4-10(15)14(9)18-12/h2-4,7,11,13,17H,5-6,8H2,1H3. The van der Waals surface area contributed by atoms with Crippen molar-refractivity contribution in [3.8, 4) is 0 Å². The zero-order valence-corrected chi connectivity index (χ0v) is 11.5. The van der Waals surface area contributed by atoms with Crippen LogP contribution in [0.2, 0.25) is 0 Å².